The van der Waals surface area contributed by atoms with E-state index in [0.717, 1.165) is 11.3 Å². The van der Waals surface area contributed by atoms with Crippen LogP contribution in [-0.4, -0.2) is 32.0 Å². The van der Waals surface area contributed by atoms with Gasteiger partial charge in [0, 0.05) is 0 Å². The fourth-order valence-corrected chi connectivity index (χ4v) is 4.37. The van der Waals surface area contributed by atoms with Crippen LogP contribution in [0.3, 0.4) is 0 Å². The van der Waals surface area contributed by atoms with Crippen LogP contribution in [0.4, 0.5) is 10.7 Å². The van der Waals surface area contributed by atoms with E-state index in [2.05, 4.69) is 10.6 Å². The zero-order chi connectivity index (χ0) is 21.0. The summed E-state index contributed by atoms with van der Waals surface area (Å²) in [5.41, 5.74) is 1.08. The van der Waals surface area contributed by atoms with Crippen LogP contribution in [0, 0.1) is 6.92 Å². The molecule has 150 valence electrons. The lowest BCUT2D eigenvalue weighted by atomic mass is 10.1. The highest BCUT2D eigenvalue weighted by Crippen LogP contribution is 2.35. The van der Waals surface area contributed by atoms with Crippen molar-refractivity contribution >= 4 is 51.1 Å². The van der Waals surface area contributed by atoms with Gasteiger partial charge in [0.1, 0.15) is 10.8 Å². The number of nitrogens with one attached hydrogen (secondary N) is 2. The first kappa shape index (κ1) is 20.6. The molecule has 2 aromatic heterocycles. The Balaban J connectivity index is 1.94. The number of benzene rings is 1. The molecule has 1 aromatic carbocycles. The Morgan fingerprint density at radius 2 is 1.72 bits per heavy atom. The molecule has 0 saturated heterocycles. The molecule has 0 aliphatic carbocycles. The number of hydrogen-bond acceptors (Lipinski definition) is 7. The van der Waals surface area contributed by atoms with Gasteiger partial charge >= 0.3 is 5.97 Å². The smallest absolute Gasteiger partial charge is 0.341 e. The number of esters is 1. The van der Waals surface area contributed by atoms with Gasteiger partial charge in [-0.15, -0.1) is 22.7 Å². The third-order valence-corrected chi connectivity index (χ3v) is 6.14. The number of carbonyl (C=O) groups is 3. The van der Waals surface area contributed by atoms with Crippen molar-refractivity contribution in [2.45, 2.75) is 6.92 Å². The summed E-state index contributed by atoms with van der Waals surface area (Å²) >= 11 is 2.29. The molecule has 0 spiro atoms. The highest BCUT2D eigenvalue weighted by atomic mass is 32.1. The van der Waals surface area contributed by atoms with E-state index >= 15 is 0 Å². The molecule has 0 bridgehead atoms. The predicted octanol–water partition coefficient (Wildman–Crippen LogP) is 4.42. The maximum absolute atomic E-state index is 12.9. The van der Waals surface area contributed by atoms with Crippen LogP contribution >= 0.6 is 22.7 Å². The second-order valence-corrected chi connectivity index (χ2v) is 7.81. The van der Waals surface area contributed by atoms with E-state index < -0.39 is 11.9 Å². The quantitative estimate of drug-likeness (QED) is 0.565. The Morgan fingerprint density at radius 3 is 2.38 bits per heavy atom. The molecule has 0 radical (unpaired) electrons. The molecule has 3 aromatic rings. The fourth-order valence-electron chi connectivity index (χ4n) is 2.67. The van der Waals surface area contributed by atoms with Gasteiger partial charge in [0.05, 0.1) is 35.2 Å². The molecule has 0 atom stereocenters. The number of methoxy groups -OCH3 is 2. The Bertz CT molecular complexity index is 1060. The Labute approximate surface area is 175 Å². The van der Waals surface area contributed by atoms with Crippen molar-refractivity contribution in [3.63, 3.8) is 0 Å². The van der Waals surface area contributed by atoms with Gasteiger partial charge in [-0.2, -0.15) is 0 Å². The van der Waals surface area contributed by atoms with Gasteiger partial charge in [-0.05, 0) is 36.1 Å². The lowest BCUT2D eigenvalue weighted by Gasteiger charge is -2.09. The van der Waals surface area contributed by atoms with E-state index in [1.165, 1.54) is 25.6 Å². The van der Waals surface area contributed by atoms with Crippen molar-refractivity contribution in [2.75, 3.05) is 24.9 Å². The monoisotopic (exact) mass is 430 g/mol. The molecular formula is C20H18N2O5S2. The lowest BCUT2D eigenvalue weighted by Crippen LogP contribution is -2.14. The zero-order valence-corrected chi connectivity index (χ0v) is 17.5. The highest BCUT2D eigenvalue weighted by Gasteiger charge is 2.27. The zero-order valence-electron chi connectivity index (χ0n) is 15.9. The predicted molar refractivity (Wildman–Crippen MR) is 114 cm³/mol. The number of carbonyl (C=O) groups excluding carboxylic acids is 3. The topological polar surface area (TPSA) is 93.7 Å². The Morgan fingerprint density at radius 1 is 0.966 bits per heavy atom. The SMILES string of the molecule is COC(=O)c1c(NC(=O)c2cccs2)sc(C(=O)Nc2ccccc2OC)c1C. The van der Waals surface area contributed by atoms with Gasteiger partial charge in [-0.1, -0.05) is 18.2 Å². The number of hydrogen-bond donors (Lipinski definition) is 2. The summed E-state index contributed by atoms with van der Waals surface area (Å²) in [6.07, 6.45) is 0. The molecule has 9 heteroatoms. The number of anilines is 2. The number of amides is 2. The number of para-hydroxylation sites is 2. The van der Waals surface area contributed by atoms with E-state index in [4.69, 9.17) is 9.47 Å². The van der Waals surface area contributed by atoms with Crippen LogP contribution in [0.15, 0.2) is 41.8 Å². The minimum Gasteiger partial charge on any atom is -0.495 e. The average Bonchev–Trinajstić information content (AvgIpc) is 3.36. The molecule has 0 aliphatic heterocycles. The minimum absolute atomic E-state index is 0.160. The van der Waals surface area contributed by atoms with Crippen LogP contribution in [0.2, 0.25) is 0 Å². The minimum atomic E-state index is -0.628. The largest absolute Gasteiger partial charge is 0.495 e. The molecule has 3 rings (SSSR count). The lowest BCUT2D eigenvalue weighted by molar-refractivity contribution is 0.0601. The van der Waals surface area contributed by atoms with Gasteiger partial charge in [-0.25, -0.2) is 4.79 Å². The van der Waals surface area contributed by atoms with E-state index in [0.29, 0.717) is 21.9 Å². The summed E-state index contributed by atoms with van der Waals surface area (Å²) in [5.74, 6) is -0.895. The van der Waals surface area contributed by atoms with Gasteiger partial charge in [0.15, 0.2) is 0 Å². The highest BCUT2D eigenvalue weighted by molar-refractivity contribution is 7.19. The summed E-state index contributed by atoms with van der Waals surface area (Å²) in [7, 11) is 2.76. The van der Waals surface area contributed by atoms with Crippen LogP contribution in [0.25, 0.3) is 0 Å². The van der Waals surface area contributed by atoms with E-state index in [9.17, 15) is 14.4 Å². The van der Waals surface area contributed by atoms with Gasteiger partial charge < -0.3 is 20.1 Å². The maximum atomic E-state index is 12.9. The molecule has 0 aliphatic rings. The van der Waals surface area contributed by atoms with E-state index in [1.807, 2.05) is 0 Å². The third-order valence-electron chi connectivity index (χ3n) is 4.07. The molecule has 29 heavy (non-hydrogen) atoms. The molecule has 7 nitrogen and oxygen atoms in total. The van der Waals surface area contributed by atoms with Gasteiger partial charge in [-0.3, -0.25) is 9.59 Å². The van der Waals surface area contributed by atoms with Crippen molar-refractivity contribution in [1.29, 1.82) is 0 Å². The Kier molecular flexibility index (Phi) is 6.30. The Hall–Kier alpha value is -3.17. The number of ether oxygens (including phenoxy) is 2. The molecular weight excluding hydrogens is 412 g/mol. The first-order valence-corrected chi connectivity index (χ1v) is 10.2. The molecule has 2 amide bonds. The van der Waals surface area contributed by atoms with E-state index in [1.54, 1.807) is 48.7 Å². The molecule has 0 saturated carbocycles. The third kappa shape index (κ3) is 4.30. The standard InChI is InChI=1S/C20H18N2O5S2/c1-11-15(20(25)27-3)19(22-17(23)14-9-6-10-28-14)29-16(11)18(24)21-12-7-4-5-8-13(12)26-2/h4-10H,1-3H3,(H,21,24)(H,22,23). The average molecular weight is 431 g/mol. The van der Waals surface area contributed by atoms with Gasteiger partial charge in [0.2, 0.25) is 0 Å². The van der Waals surface area contributed by atoms with Gasteiger partial charge in [0.25, 0.3) is 11.8 Å². The van der Waals surface area contributed by atoms with Crippen molar-refractivity contribution in [3.8, 4) is 5.75 Å². The number of rotatable bonds is 6. The fraction of sp³-hybridized carbons (Fsp3) is 0.150. The maximum Gasteiger partial charge on any atom is 0.341 e. The normalized spacial score (nSPS) is 10.3. The molecule has 2 N–H and O–H groups in total. The summed E-state index contributed by atoms with van der Waals surface area (Å²) < 4.78 is 10.1. The summed E-state index contributed by atoms with van der Waals surface area (Å²) in [6, 6.07) is 10.4. The van der Waals surface area contributed by atoms with Crippen LogP contribution < -0.4 is 15.4 Å². The second kappa shape index (κ2) is 8.89. The molecule has 2 heterocycles. The van der Waals surface area contributed by atoms with Crippen LogP contribution in [-0.2, 0) is 4.74 Å². The van der Waals surface area contributed by atoms with Crippen molar-refractivity contribution in [2.24, 2.45) is 0 Å². The molecule has 0 unspecified atom stereocenters. The first-order valence-electron chi connectivity index (χ1n) is 8.47. The first-order chi connectivity index (χ1) is 14.0. The second-order valence-electron chi connectivity index (χ2n) is 5.84. The summed E-state index contributed by atoms with van der Waals surface area (Å²) in [4.78, 5) is 38.4. The van der Waals surface area contributed by atoms with Crippen LogP contribution in [0.5, 0.6) is 5.75 Å². The van der Waals surface area contributed by atoms with Crippen molar-refractivity contribution < 1.29 is 23.9 Å². The van der Waals surface area contributed by atoms with E-state index in [-0.39, 0.29) is 21.3 Å². The van der Waals surface area contributed by atoms with Crippen LogP contribution in [0.1, 0.15) is 35.3 Å². The number of thiophene rings is 2. The van der Waals surface area contributed by atoms with Crippen molar-refractivity contribution in [1.82, 2.24) is 0 Å². The summed E-state index contributed by atoms with van der Waals surface area (Å²) in [5, 5.41) is 7.54. The van der Waals surface area contributed by atoms with Crippen molar-refractivity contribution in [3.05, 3.63) is 62.7 Å². The summed E-state index contributed by atoms with van der Waals surface area (Å²) in [6.45, 7) is 1.64. The molecule has 0 fully saturated rings.